The zero-order valence-corrected chi connectivity index (χ0v) is 11.2. The van der Waals surface area contributed by atoms with Crippen LogP contribution in [0.2, 0.25) is 0 Å². The van der Waals surface area contributed by atoms with Crippen LogP contribution in [-0.4, -0.2) is 65.5 Å². The molecule has 0 aliphatic rings. The van der Waals surface area contributed by atoms with Gasteiger partial charge in [0.1, 0.15) is 25.0 Å². The van der Waals surface area contributed by atoms with Crippen molar-refractivity contribution in [3.05, 3.63) is 23.8 Å². The number of aryl methyl sites for hydroxylation is 1. The van der Waals surface area contributed by atoms with E-state index in [4.69, 9.17) is 20.4 Å². The van der Waals surface area contributed by atoms with Gasteiger partial charge in [0.2, 0.25) is 0 Å². The van der Waals surface area contributed by atoms with Crippen molar-refractivity contribution in [1.29, 1.82) is 0 Å². The highest BCUT2D eigenvalue weighted by Gasteiger charge is 2.27. The molecule has 1 aromatic rings. The topological polar surface area (TPSA) is 147 Å². The summed E-state index contributed by atoms with van der Waals surface area (Å²) < 4.78 is 12.2. The third-order valence-electron chi connectivity index (χ3n) is 2.85. The predicted octanol–water partition coefficient (Wildman–Crippen LogP) is -1.85. The molecule has 1 rings (SSSR count). The molecule has 3 atom stereocenters. The number of halogens is 1. The van der Waals surface area contributed by atoms with Crippen LogP contribution >= 0.6 is 0 Å². The molecule has 1 aromatic heterocycles. The largest absolute Gasteiger partial charge is 0.388 e. The van der Waals surface area contributed by atoms with Crippen molar-refractivity contribution in [3.8, 4) is 0 Å². The highest BCUT2D eigenvalue weighted by atomic mass is 19.1. The standard InChI is InChI=1S/C12H19FN2O6/c13-4-9(16)11(18)10(17)8-6-14-7(5-15-8)2-1-3-12(19,20)21/h5-6,9-11,16-21H,1-4H2. The number of aliphatic hydroxyl groups excluding tert-OH is 3. The van der Waals surface area contributed by atoms with Crippen LogP contribution < -0.4 is 0 Å². The first-order valence-electron chi connectivity index (χ1n) is 6.32. The van der Waals surface area contributed by atoms with E-state index in [0.29, 0.717) is 12.1 Å². The van der Waals surface area contributed by atoms with Gasteiger partial charge in [-0.1, -0.05) is 0 Å². The van der Waals surface area contributed by atoms with Gasteiger partial charge in [-0.2, -0.15) is 0 Å². The Morgan fingerprint density at radius 3 is 2.24 bits per heavy atom. The van der Waals surface area contributed by atoms with Gasteiger partial charge in [0.15, 0.2) is 0 Å². The summed E-state index contributed by atoms with van der Waals surface area (Å²) in [6.07, 6.45) is -2.26. The maximum atomic E-state index is 12.2. The van der Waals surface area contributed by atoms with E-state index in [1.54, 1.807) is 0 Å². The van der Waals surface area contributed by atoms with Crippen molar-refractivity contribution >= 4 is 0 Å². The number of hydrogen-bond acceptors (Lipinski definition) is 8. The van der Waals surface area contributed by atoms with Crippen molar-refractivity contribution in [2.45, 2.75) is 43.5 Å². The lowest BCUT2D eigenvalue weighted by molar-refractivity contribution is -0.314. The molecule has 6 N–H and O–H groups in total. The van der Waals surface area contributed by atoms with Crippen LogP contribution in [0.3, 0.4) is 0 Å². The average Bonchev–Trinajstić information content (AvgIpc) is 2.44. The Labute approximate surface area is 120 Å². The summed E-state index contributed by atoms with van der Waals surface area (Å²) in [4.78, 5) is 7.77. The lowest BCUT2D eigenvalue weighted by atomic mass is 10.1. The van der Waals surface area contributed by atoms with Crippen LogP contribution in [0.5, 0.6) is 0 Å². The predicted molar refractivity (Wildman–Crippen MR) is 67.3 cm³/mol. The molecule has 1 heterocycles. The van der Waals surface area contributed by atoms with Gasteiger partial charge in [-0.3, -0.25) is 9.97 Å². The van der Waals surface area contributed by atoms with Gasteiger partial charge in [-0.15, -0.1) is 0 Å². The molecule has 0 spiro atoms. The first-order valence-corrected chi connectivity index (χ1v) is 6.32. The first-order chi connectivity index (χ1) is 9.74. The van der Waals surface area contributed by atoms with Crippen molar-refractivity contribution in [2.75, 3.05) is 6.67 Å². The molecule has 0 saturated carbocycles. The summed E-state index contributed by atoms with van der Waals surface area (Å²) in [6, 6.07) is 0. The molecule has 0 aliphatic heterocycles. The normalized spacial score (nSPS) is 16.5. The second kappa shape index (κ2) is 7.69. The van der Waals surface area contributed by atoms with Gasteiger partial charge >= 0.3 is 0 Å². The lowest BCUT2D eigenvalue weighted by Crippen LogP contribution is -2.34. The minimum atomic E-state index is -2.73. The van der Waals surface area contributed by atoms with Crippen molar-refractivity contribution in [2.24, 2.45) is 0 Å². The Hall–Kier alpha value is -1.23. The highest BCUT2D eigenvalue weighted by Crippen LogP contribution is 2.17. The Balaban J connectivity index is 2.57. The summed E-state index contributed by atoms with van der Waals surface area (Å²) >= 11 is 0. The molecule has 0 fully saturated rings. The molecular formula is C12H19FN2O6. The van der Waals surface area contributed by atoms with Gasteiger partial charge in [-0.25, -0.2) is 4.39 Å². The van der Waals surface area contributed by atoms with Crippen molar-refractivity contribution < 1.29 is 35.0 Å². The van der Waals surface area contributed by atoms with Crippen molar-refractivity contribution in [1.82, 2.24) is 9.97 Å². The van der Waals surface area contributed by atoms with Crippen LogP contribution in [0.1, 0.15) is 30.3 Å². The average molecular weight is 306 g/mol. The molecule has 0 aromatic carbocycles. The summed E-state index contributed by atoms with van der Waals surface area (Å²) in [5.41, 5.74) is 0.440. The second-order valence-electron chi connectivity index (χ2n) is 4.72. The van der Waals surface area contributed by atoms with E-state index >= 15 is 0 Å². The number of nitrogens with zero attached hydrogens (tertiary/aromatic N) is 2. The van der Waals surface area contributed by atoms with Gasteiger partial charge in [0, 0.05) is 12.6 Å². The van der Waals surface area contributed by atoms with E-state index in [0.717, 1.165) is 6.20 Å². The zero-order valence-electron chi connectivity index (χ0n) is 11.2. The lowest BCUT2D eigenvalue weighted by Gasteiger charge is -2.20. The van der Waals surface area contributed by atoms with Crippen LogP contribution in [0.15, 0.2) is 12.4 Å². The first kappa shape index (κ1) is 17.8. The van der Waals surface area contributed by atoms with E-state index in [9.17, 15) is 14.6 Å². The van der Waals surface area contributed by atoms with Crippen LogP contribution in [0, 0.1) is 0 Å². The Morgan fingerprint density at radius 2 is 1.76 bits per heavy atom. The number of aromatic nitrogens is 2. The fraction of sp³-hybridized carbons (Fsp3) is 0.667. The van der Waals surface area contributed by atoms with Crippen LogP contribution in [-0.2, 0) is 6.42 Å². The van der Waals surface area contributed by atoms with Crippen LogP contribution in [0.4, 0.5) is 4.39 Å². The molecule has 8 nitrogen and oxygen atoms in total. The fourth-order valence-corrected chi connectivity index (χ4v) is 1.63. The van der Waals surface area contributed by atoms with E-state index in [-0.39, 0.29) is 18.5 Å². The molecule has 9 heteroatoms. The number of alkyl halides is 1. The van der Waals surface area contributed by atoms with Crippen LogP contribution in [0.25, 0.3) is 0 Å². The molecule has 120 valence electrons. The Kier molecular flexibility index (Phi) is 6.52. The van der Waals surface area contributed by atoms with E-state index in [1.807, 2.05) is 0 Å². The van der Waals surface area contributed by atoms with Gasteiger partial charge in [0.05, 0.1) is 17.6 Å². The quantitative estimate of drug-likeness (QED) is 0.307. The van der Waals surface area contributed by atoms with Gasteiger partial charge < -0.3 is 30.6 Å². The maximum absolute atomic E-state index is 12.2. The zero-order chi connectivity index (χ0) is 16.0. The van der Waals surface area contributed by atoms with Crippen molar-refractivity contribution in [3.63, 3.8) is 0 Å². The van der Waals surface area contributed by atoms with E-state index < -0.39 is 31.0 Å². The molecule has 3 unspecified atom stereocenters. The smallest absolute Gasteiger partial charge is 0.275 e. The summed E-state index contributed by atoms with van der Waals surface area (Å²) in [7, 11) is 0. The summed E-state index contributed by atoms with van der Waals surface area (Å²) in [5.74, 6) is -2.73. The van der Waals surface area contributed by atoms with E-state index in [1.165, 1.54) is 6.20 Å². The maximum Gasteiger partial charge on any atom is 0.275 e. The third kappa shape index (κ3) is 5.96. The molecule has 0 aliphatic carbocycles. The minimum Gasteiger partial charge on any atom is -0.388 e. The molecule has 0 radical (unpaired) electrons. The van der Waals surface area contributed by atoms with Gasteiger partial charge in [-0.05, 0) is 12.8 Å². The minimum absolute atomic E-state index is 0.0282. The second-order valence-corrected chi connectivity index (χ2v) is 4.72. The molecule has 21 heavy (non-hydrogen) atoms. The summed E-state index contributed by atoms with van der Waals surface area (Å²) in [5, 5.41) is 54.4. The fourth-order valence-electron chi connectivity index (χ4n) is 1.63. The molecule has 0 bridgehead atoms. The molecule has 0 amide bonds. The molecular weight excluding hydrogens is 287 g/mol. The number of hydrogen-bond donors (Lipinski definition) is 6. The molecule has 0 saturated heterocycles. The third-order valence-corrected chi connectivity index (χ3v) is 2.85. The Morgan fingerprint density at radius 1 is 1.10 bits per heavy atom. The monoisotopic (exact) mass is 306 g/mol. The summed E-state index contributed by atoms with van der Waals surface area (Å²) in [6.45, 7) is -1.20. The Bertz CT molecular complexity index is 425. The van der Waals surface area contributed by atoms with Gasteiger partial charge in [0.25, 0.3) is 5.97 Å². The SMILES string of the molecule is OC(CF)C(O)C(O)c1cnc(CCCC(O)(O)O)cn1. The number of rotatable bonds is 8. The number of aliphatic hydroxyl groups is 6. The highest BCUT2D eigenvalue weighted by molar-refractivity contribution is 5.07. The van der Waals surface area contributed by atoms with E-state index in [2.05, 4.69) is 9.97 Å².